The molecule has 4 N–H and O–H groups in total. The Bertz CT molecular complexity index is 1160. The molecule has 1 amide bonds. The fraction of sp³-hybridized carbons (Fsp3) is 0.200. The number of carbonyl (C=O) groups excluding carboxylic acids is 2. The average Bonchev–Trinajstić information content (AvgIpc) is 3.19. The third-order valence-corrected chi connectivity index (χ3v) is 5.21. The van der Waals surface area contributed by atoms with Crippen LogP contribution in [0, 0.1) is 0 Å². The van der Waals surface area contributed by atoms with E-state index in [9.17, 15) is 22.8 Å². The average molecular weight is 438 g/mol. The zero-order valence-corrected chi connectivity index (χ0v) is 16.0. The number of hydrogen-bond donors (Lipinski definition) is 3. The van der Waals surface area contributed by atoms with E-state index in [1.54, 1.807) is 0 Å². The van der Waals surface area contributed by atoms with Gasteiger partial charge < -0.3 is 20.8 Å². The third-order valence-electron chi connectivity index (χ3n) is 4.97. The van der Waals surface area contributed by atoms with Gasteiger partial charge in [0.1, 0.15) is 5.69 Å². The van der Waals surface area contributed by atoms with Crippen molar-refractivity contribution in [2.24, 2.45) is 5.73 Å². The van der Waals surface area contributed by atoms with E-state index in [1.807, 2.05) is 24.3 Å². The minimum absolute atomic E-state index is 0.0734. The van der Waals surface area contributed by atoms with Crippen molar-refractivity contribution in [3.63, 3.8) is 0 Å². The number of alkyl halides is 3. The van der Waals surface area contributed by atoms with Gasteiger partial charge in [-0.2, -0.15) is 13.2 Å². The Morgan fingerprint density at radius 3 is 2.63 bits per heavy atom. The van der Waals surface area contributed by atoms with Gasteiger partial charge in [-0.1, -0.05) is 35.9 Å². The maximum Gasteiger partial charge on any atom is 0.491 e. The first-order valence-corrected chi connectivity index (χ1v) is 9.27. The number of H-pyrrole nitrogens is 1. The van der Waals surface area contributed by atoms with Crippen LogP contribution in [0.3, 0.4) is 0 Å². The number of carbonyl (C=O) groups is 2. The summed E-state index contributed by atoms with van der Waals surface area (Å²) in [6.07, 6.45) is -4.77. The second-order valence-corrected chi connectivity index (χ2v) is 7.35. The summed E-state index contributed by atoms with van der Waals surface area (Å²) >= 11 is 5.92. The summed E-state index contributed by atoms with van der Waals surface area (Å²) in [5.74, 6) is -3.74. The van der Waals surface area contributed by atoms with E-state index in [1.165, 1.54) is 18.2 Å². The quantitative estimate of drug-likeness (QED) is 0.545. The van der Waals surface area contributed by atoms with Crippen molar-refractivity contribution in [1.29, 1.82) is 0 Å². The third kappa shape index (κ3) is 3.61. The van der Waals surface area contributed by atoms with Crippen LogP contribution >= 0.6 is 11.6 Å². The molecule has 4 rings (SSSR count). The lowest BCUT2D eigenvalue weighted by Gasteiger charge is -2.18. The molecule has 10 heteroatoms. The number of aromatic nitrogens is 1. The topological polar surface area (TPSA) is 97.2 Å². The van der Waals surface area contributed by atoms with Gasteiger partial charge in [0.2, 0.25) is 0 Å². The number of rotatable bonds is 3. The summed E-state index contributed by atoms with van der Waals surface area (Å²) in [5.41, 5.74) is 8.03. The molecule has 0 bridgehead atoms. The molecule has 156 valence electrons. The highest BCUT2D eigenvalue weighted by molar-refractivity contribution is 6.31. The Morgan fingerprint density at radius 2 is 1.93 bits per heavy atom. The van der Waals surface area contributed by atoms with Gasteiger partial charge in [-0.05, 0) is 35.7 Å². The van der Waals surface area contributed by atoms with E-state index >= 15 is 0 Å². The number of fused-ring (bicyclic) bond motifs is 2. The molecule has 6 nitrogen and oxygen atoms in total. The Kier molecular flexibility index (Phi) is 4.95. The van der Waals surface area contributed by atoms with Crippen LogP contribution in [0.5, 0.6) is 5.75 Å². The Hall–Kier alpha value is -3.04. The van der Waals surface area contributed by atoms with Crippen molar-refractivity contribution in [1.82, 2.24) is 10.3 Å². The molecule has 1 heterocycles. The Labute approximate surface area is 173 Å². The van der Waals surface area contributed by atoms with Crippen LogP contribution in [0.1, 0.15) is 27.7 Å². The van der Waals surface area contributed by atoms with E-state index in [4.69, 9.17) is 17.3 Å². The highest BCUT2D eigenvalue weighted by atomic mass is 35.5. The van der Waals surface area contributed by atoms with Gasteiger partial charge in [-0.25, -0.2) is 4.79 Å². The van der Waals surface area contributed by atoms with E-state index in [2.05, 4.69) is 15.0 Å². The van der Waals surface area contributed by atoms with Crippen molar-refractivity contribution in [2.75, 3.05) is 0 Å². The van der Waals surface area contributed by atoms with Gasteiger partial charge in [0.05, 0.1) is 12.1 Å². The SMILES string of the molecule is NC1c2ccccc2CC1NC(=O)c1[nH]c2ccc(Cl)cc2c1OC(=O)C(F)(F)F. The second kappa shape index (κ2) is 7.33. The molecule has 1 aliphatic carbocycles. The summed E-state index contributed by atoms with van der Waals surface area (Å²) in [7, 11) is 0. The van der Waals surface area contributed by atoms with Gasteiger partial charge in [0.15, 0.2) is 5.75 Å². The summed E-state index contributed by atoms with van der Waals surface area (Å²) in [6, 6.07) is 10.7. The van der Waals surface area contributed by atoms with E-state index in [0.29, 0.717) is 6.42 Å². The first-order valence-electron chi connectivity index (χ1n) is 8.89. The van der Waals surface area contributed by atoms with Gasteiger partial charge >= 0.3 is 12.1 Å². The van der Waals surface area contributed by atoms with Crippen LogP contribution in [-0.4, -0.2) is 29.1 Å². The van der Waals surface area contributed by atoms with Crippen molar-refractivity contribution < 1.29 is 27.5 Å². The number of halogens is 4. The molecule has 3 aromatic rings. The molecule has 0 radical (unpaired) electrons. The van der Waals surface area contributed by atoms with E-state index < -0.39 is 35.9 Å². The number of hydrogen-bond acceptors (Lipinski definition) is 4. The normalized spacial score (nSPS) is 18.3. The molecule has 2 unspecified atom stereocenters. The Morgan fingerprint density at radius 1 is 1.20 bits per heavy atom. The largest absolute Gasteiger partial charge is 0.491 e. The maximum atomic E-state index is 12.9. The van der Waals surface area contributed by atoms with Crippen LogP contribution in [0.25, 0.3) is 10.9 Å². The lowest BCUT2D eigenvalue weighted by molar-refractivity contribution is -0.189. The predicted octanol–water partition coefficient (Wildman–Crippen LogP) is 3.64. The van der Waals surface area contributed by atoms with E-state index in [0.717, 1.165) is 11.1 Å². The standard InChI is InChI=1S/C20H15ClF3N3O3/c21-10-5-6-13-12(8-10)17(30-19(29)20(22,23)24)16(26-13)18(28)27-14-7-9-3-1-2-4-11(9)15(14)25/h1-6,8,14-15,26H,7,25H2,(H,27,28). The van der Waals surface area contributed by atoms with Crippen molar-refractivity contribution >= 4 is 34.4 Å². The molecule has 2 atom stereocenters. The summed E-state index contributed by atoms with van der Waals surface area (Å²) in [5, 5.41) is 2.99. The molecular weight excluding hydrogens is 423 g/mol. The van der Waals surface area contributed by atoms with Gasteiger partial charge in [0.25, 0.3) is 5.91 Å². The number of esters is 1. The first kappa shape index (κ1) is 20.2. The fourth-order valence-corrected chi connectivity index (χ4v) is 3.74. The van der Waals surface area contributed by atoms with Crippen molar-refractivity contribution in [3.8, 4) is 5.75 Å². The number of aromatic amines is 1. The van der Waals surface area contributed by atoms with E-state index in [-0.39, 0.29) is 21.6 Å². The molecule has 0 saturated heterocycles. The van der Waals surface area contributed by atoms with Crippen molar-refractivity contribution in [2.45, 2.75) is 24.7 Å². The van der Waals surface area contributed by atoms with Crippen molar-refractivity contribution in [3.05, 3.63) is 64.3 Å². The number of amides is 1. The summed E-state index contributed by atoms with van der Waals surface area (Å²) in [4.78, 5) is 27.0. The predicted molar refractivity (Wildman–Crippen MR) is 103 cm³/mol. The molecule has 0 aliphatic heterocycles. The maximum absolute atomic E-state index is 12.9. The fourth-order valence-electron chi connectivity index (χ4n) is 3.56. The van der Waals surface area contributed by atoms with Crippen LogP contribution < -0.4 is 15.8 Å². The van der Waals surface area contributed by atoms with Crippen LogP contribution in [0.15, 0.2) is 42.5 Å². The highest BCUT2D eigenvalue weighted by Crippen LogP contribution is 2.35. The number of ether oxygens (including phenoxy) is 1. The second-order valence-electron chi connectivity index (χ2n) is 6.91. The van der Waals surface area contributed by atoms with Crippen LogP contribution in [-0.2, 0) is 11.2 Å². The molecule has 0 fully saturated rings. The monoisotopic (exact) mass is 437 g/mol. The minimum atomic E-state index is -5.23. The first-order chi connectivity index (χ1) is 14.1. The zero-order chi connectivity index (χ0) is 21.6. The van der Waals surface area contributed by atoms with Gasteiger partial charge in [0, 0.05) is 15.9 Å². The molecule has 2 aromatic carbocycles. The Balaban J connectivity index is 1.67. The summed E-state index contributed by atoms with van der Waals surface area (Å²) in [6.45, 7) is 0. The lowest BCUT2D eigenvalue weighted by atomic mass is 10.1. The lowest BCUT2D eigenvalue weighted by Crippen LogP contribution is -2.41. The molecule has 1 aliphatic rings. The minimum Gasteiger partial charge on any atom is -0.417 e. The number of nitrogens with two attached hydrogens (primary N) is 1. The molecule has 30 heavy (non-hydrogen) atoms. The van der Waals surface area contributed by atoms with Crippen LogP contribution in [0.2, 0.25) is 5.02 Å². The zero-order valence-electron chi connectivity index (χ0n) is 15.2. The van der Waals surface area contributed by atoms with Crippen LogP contribution in [0.4, 0.5) is 13.2 Å². The molecule has 0 saturated carbocycles. The van der Waals surface area contributed by atoms with Gasteiger partial charge in [-0.15, -0.1) is 0 Å². The molecule has 0 spiro atoms. The molecular formula is C20H15ClF3N3O3. The number of benzene rings is 2. The molecule has 1 aromatic heterocycles. The summed E-state index contributed by atoms with van der Waals surface area (Å²) < 4.78 is 42.8. The number of nitrogens with one attached hydrogen (secondary N) is 2. The smallest absolute Gasteiger partial charge is 0.417 e. The van der Waals surface area contributed by atoms with Gasteiger partial charge in [-0.3, -0.25) is 4.79 Å². The highest BCUT2D eigenvalue weighted by Gasteiger charge is 2.42.